The maximum atomic E-state index is 12.4. The number of nitrogens with one attached hydrogen (secondary N) is 2. The number of H-pyrrole nitrogens is 1. The molecule has 2 amide bonds. The number of fused-ring (bicyclic) bond motifs is 1. The number of hydrogen-bond acceptors (Lipinski definition) is 3. The third-order valence-corrected chi connectivity index (χ3v) is 4.39. The van der Waals surface area contributed by atoms with E-state index in [1.54, 1.807) is 0 Å². The van der Waals surface area contributed by atoms with Crippen LogP contribution in [0.3, 0.4) is 0 Å². The first kappa shape index (κ1) is 17.7. The summed E-state index contributed by atoms with van der Waals surface area (Å²) in [5.74, 6) is -0.979. The molecule has 0 spiro atoms. The Morgan fingerprint density at radius 1 is 1.00 bits per heavy atom. The fourth-order valence-corrected chi connectivity index (χ4v) is 2.98. The first-order chi connectivity index (χ1) is 12.5. The van der Waals surface area contributed by atoms with Crippen molar-refractivity contribution in [2.75, 3.05) is 0 Å². The van der Waals surface area contributed by atoms with Crippen molar-refractivity contribution in [1.82, 2.24) is 10.3 Å². The number of aromatic nitrogens is 1. The maximum absolute atomic E-state index is 12.4. The average Bonchev–Trinajstić information content (AvgIpc) is 3.05. The van der Waals surface area contributed by atoms with Gasteiger partial charge in [-0.15, -0.1) is 0 Å². The summed E-state index contributed by atoms with van der Waals surface area (Å²) in [6, 6.07) is 15.7. The number of hydrogen-bond donors (Lipinski definition) is 4. The Hall–Kier alpha value is -3.12. The second-order valence-electron chi connectivity index (χ2n) is 6.32. The Bertz CT molecular complexity index is 904. The molecule has 134 valence electrons. The third-order valence-electron chi connectivity index (χ3n) is 4.39. The van der Waals surface area contributed by atoms with Crippen molar-refractivity contribution in [2.24, 2.45) is 11.5 Å². The van der Waals surface area contributed by atoms with Crippen molar-refractivity contribution in [3.8, 4) is 0 Å². The van der Waals surface area contributed by atoms with Crippen LogP contribution in [0.5, 0.6) is 0 Å². The molecule has 0 radical (unpaired) electrons. The van der Waals surface area contributed by atoms with E-state index in [9.17, 15) is 9.59 Å². The lowest BCUT2D eigenvalue weighted by Crippen LogP contribution is -2.51. The van der Waals surface area contributed by atoms with Crippen LogP contribution >= 0.6 is 0 Å². The second-order valence-corrected chi connectivity index (χ2v) is 6.32. The molecule has 3 aromatic rings. The Morgan fingerprint density at radius 3 is 2.42 bits per heavy atom. The minimum atomic E-state index is -0.816. The molecule has 1 heterocycles. The summed E-state index contributed by atoms with van der Waals surface area (Å²) in [4.78, 5) is 27.4. The van der Waals surface area contributed by atoms with Crippen LogP contribution in [-0.2, 0) is 22.4 Å². The first-order valence-electron chi connectivity index (χ1n) is 8.49. The number of para-hydroxylation sites is 1. The van der Waals surface area contributed by atoms with Crippen molar-refractivity contribution in [3.05, 3.63) is 71.9 Å². The molecule has 0 fully saturated rings. The summed E-state index contributed by atoms with van der Waals surface area (Å²) in [5, 5.41) is 3.69. The van der Waals surface area contributed by atoms with Gasteiger partial charge < -0.3 is 21.8 Å². The topological polar surface area (TPSA) is 114 Å². The van der Waals surface area contributed by atoms with E-state index in [2.05, 4.69) is 10.3 Å². The SMILES string of the molecule is NC(=O)C(Cc1c[nH]c2ccccc12)NC(=O)C(N)Cc1ccccc1. The summed E-state index contributed by atoms with van der Waals surface area (Å²) in [7, 11) is 0. The Kier molecular flexibility index (Phi) is 5.34. The van der Waals surface area contributed by atoms with Gasteiger partial charge >= 0.3 is 0 Å². The summed E-state index contributed by atoms with van der Waals surface area (Å²) < 4.78 is 0. The summed E-state index contributed by atoms with van der Waals surface area (Å²) in [5.41, 5.74) is 14.3. The molecular formula is C20H22N4O2. The monoisotopic (exact) mass is 350 g/mol. The van der Waals surface area contributed by atoms with Gasteiger partial charge in [-0.3, -0.25) is 9.59 Å². The van der Waals surface area contributed by atoms with E-state index in [4.69, 9.17) is 11.5 Å². The average molecular weight is 350 g/mol. The molecule has 0 saturated carbocycles. The van der Waals surface area contributed by atoms with E-state index in [0.717, 1.165) is 22.0 Å². The first-order valence-corrected chi connectivity index (χ1v) is 8.49. The third kappa shape index (κ3) is 4.10. The van der Waals surface area contributed by atoms with Crippen LogP contribution in [0.2, 0.25) is 0 Å². The highest BCUT2D eigenvalue weighted by Gasteiger charge is 2.23. The highest BCUT2D eigenvalue weighted by Crippen LogP contribution is 2.19. The zero-order chi connectivity index (χ0) is 18.5. The fourth-order valence-electron chi connectivity index (χ4n) is 2.98. The molecule has 2 atom stereocenters. The van der Waals surface area contributed by atoms with E-state index < -0.39 is 23.9 Å². The van der Waals surface area contributed by atoms with E-state index in [1.165, 1.54) is 0 Å². The van der Waals surface area contributed by atoms with Gasteiger partial charge in [-0.25, -0.2) is 0 Å². The number of carbonyl (C=O) groups is 2. The molecule has 2 unspecified atom stereocenters. The van der Waals surface area contributed by atoms with Crippen LogP contribution in [-0.4, -0.2) is 28.9 Å². The van der Waals surface area contributed by atoms with Gasteiger partial charge in [0.15, 0.2) is 0 Å². The number of carbonyl (C=O) groups excluding carboxylic acids is 2. The zero-order valence-corrected chi connectivity index (χ0v) is 14.3. The number of rotatable bonds is 7. The largest absolute Gasteiger partial charge is 0.368 e. The van der Waals surface area contributed by atoms with Crippen molar-refractivity contribution < 1.29 is 9.59 Å². The lowest BCUT2D eigenvalue weighted by Gasteiger charge is -2.18. The van der Waals surface area contributed by atoms with Gasteiger partial charge in [-0.05, 0) is 23.6 Å². The van der Waals surface area contributed by atoms with Crippen molar-refractivity contribution in [3.63, 3.8) is 0 Å². The van der Waals surface area contributed by atoms with Crippen molar-refractivity contribution in [1.29, 1.82) is 0 Å². The predicted octanol–water partition coefficient (Wildman–Crippen LogP) is 1.25. The predicted molar refractivity (Wildman–Crippen MR) is 101 cm³/mol. The normalized spacial score (nSPS) is 13.3. The Morgan fingerprint density at radius 2 is 1.69 bits per heavy atom. The quantitative estimate of drug-likeness (QED) is 0.514. The standard InChI is InChI=1S/C20H22N4O2/c21-16(10-13-6-2-1-3-7-13)20(26)24-18(19(22)25)11-14-12-23-17-9-5-4-8-15(14)17/h1-9,12,16,18,23H,10-11,21H2,(H2,22,25)(H,24,26). The van der Waals surface area contributed by atoms with Crippen LogP contribution in [0.15, 0.2) is 60.8 Å². The van der Waals surface area contributed by atoms with Crippen LogP contribution in [0, 0.1) is 0 Å². The molecule has 0 aliphatic heterocycles. The van der Waals surface area contributed by atoms with Gasteiger partial charge in [0.1, 0.15) is 6.04 Å². The molecule has 0 bridgehead atoms. The van der Waals surface area contributed by atoms with Crippen LogP contribution in [0.4, 0.5) is 0 Å². The minimum Gasteiger partial charge on any atom is -0.368 e. The molecule has 0 aliphatic carbocycles. The lowest BCUT2D eigenvalue weighted by molar-refractivity contribution is -0.128. The summed E-state index contributed by atoms with van der Waals surface area (Å²) in [6.07, 6.45) is 2.53. The Balaban J connectivity index is 1.68. The highest BCUT2D eigenvalue weighted by molar-refractivity contribution is 5.90. The molecule has 0 saturated heterocycles. The highest BCUT2D eigenvalue weighted by atomic mass is 16.2. The smallest absolute Gasteiger partial charge is 0.240 e. The second kappa shape index (κ2) is 7.84. The number of benzene rings is 2. The molecule has 1 aromatic heterocycles. The van der Waals surface area contributed by atoms with E-state index in [-0.39, 0.29) is 0 Å². The molecule has 26 heavy (non-hydrogen) atoms. The summed E-state index contributed by atoms with van der Waals surface area (Å²) in [6.45, 7) is 0. The van der Waals surface area contributed by atoms with Gasteiger partial charge in [-0.1, -0.05) is 48.5 Å². The van der Waals surface area contributed by atoms with Crippen molar-refractivity contribution in [2.45, 2.75) is 24.9 Å². The fraction of sp³-hybridized carbons (Fsp3) is 0.200. The molecule has 6 heteroatoms. The van der Waals surface area contributed by atoms with Gasteiger partial charge in [-0.2, -0.15) is 0 Å². The minimum absolute atomic E-state index is 0.309. The van der Waals surface area contributed by atoms with E-state index in [1.807, 2.05) is 60.8 Å². The molecule has 0 aliphatic rings. The Labute approximate surface area is 151 Å². The van der Waals surface area contributed by atoms with Gasteiger partial charge in [0.2, 0.25) is 11.8 Å². The van der Waals surface area contributed by atoms with E-state index >= 15 is 0 Å². The molecule has 3 rings (SSSR count). The van der Waals surface area contributed by atoms with Crippen LogP contribution in [0.25, 0.3) is 10.9 Å². The molecule has 6 N–H and O–H groups in total. The van der Waals surface area contributed by atoms with Crippen LogP contribution in [0.1, 0.15) is 11.1 Å². The van der Waals surface area contributed by atoms with Gasteiger partial charge in [0.25, 0.3) is 0 Å². The maximum Gasteiger partial charge on any atom is 0.240 e. The molecule has 2 aromatic carbocycles. The van der Waals surface area contributed by atoms with Gasteiger partial charge in [0.05, 0.1) is 6.04 Å². The molecule has 6 nitrogen and oxygen atoms in total. The van der Waals surface area contributed by atoms with Gasteiger partial charge in [0, 0.05) is 23.5 Å². The zero-order valence-electron chi connectivity index (χ0n) is 14.3. The summed E-state index contributed by atoms with van der Waals surface area (Å²) >= 11 is 0. The number of aromatic amines is 1. The van der Waals surface area contributed by atoms with Crippen molar-refractivity contribution >= 4 is 22.7 Å². The number of nitrogens with two attached hydrogens (primary N) is 2. The van der Waals surface area contributed by atoms with Crippen LogP contribution < -0.4 is 16.8 Å². The van der Waals surface area contributed by atoms with E-state index in [0.29, 0.717) is 12.8 Å². The molecular weight excluding hydrogens is 328 g/mol. The number of amides is 2. The lowest BCUT2D eigenvalue weighted by atomic mass is 10.0. The number of primary amides is 1.